The van der Waals surface area contributed by atoms with Crippen molar-refractivity contribution in [1.29, 1.82) is 0 Å². The van der Waals surface area contributed by atoms with Crippen molar-refractivity contribution >= 4 is 0 Å². The summed E-state index contributed by atoms with van der Waals surface area (Å²) in [6, 6.07) is 8.53. The van der Waals surface area contributed by atoms with Crippen LogP contribution in [0.1, 0.15) is 52.0 Å². The molecule has 1 aliphatic carbocycles. The first kappa shape index (κ1) is 13.1. The lowest BCUT2D eigenvalue weighted by atomic mass is 10.1. The van der Waals surface area contributed by atoms with Crippen LogP contribution in [0, 0.1) is 5.92 Å². The summed E-state index contributed by atoms with van der Waals surface area (Å²) in [4.78, 5) is 0. The Labute approximate surface area is 99.8 Å². The normalized spacial score (nSPS) is 22.4. The van der Waals surface area contributed by atoms with Crippen LogP contribution in [0.4, 0.5) is 0 Å². The minimum atomic E-state index is 0. The van der Waals surface area contributed by atoms with E-state index in [0.717, 1.165) is 30.6 Å². The molecule has 0 amide bonds. The highest BCUT2D eigenvalue weighted by molar-refractivity contribution is 5.39. The van der Waals surface area contributed by atoms with Crippen LogP contribution < -0.4 is 4.74 Å². The lowest BCUT2D eigenvalue weighted by Gasteiger charge is -2.10. The Balaban J connectivity index is 0.00000128. The van der Waals surface area contributed by atoms with Gasteiger partial charge in [0.05, 0.1) is 6.61 Å². The summed E-state index contributed by atoms with van der Waals surface area (Å²) in [5.41, 5.74) is 1.43. The standard InChI is InChI=1S/C14H20O.CH4/c1-3-9-15-14-8-6-5-7-12(14)13-10-11(13)4-2;/h5-8,11,13H,3-4,9-10H2,1-2H3;1H4/t11-,13-;/m0./s1. The maximum Gasteiger partial charge on any atom is 0.122 e. The van der Waals surface area contributed by atoms with E-state index < -0.39 is 0 Å². The summed E-state index contributed by atoms with van der Waals surface area (Å²) in [7, 11) is 0. The van der Waals surface area contributed by atoms with Crippen LogP contribution in [0.5, 0.6) is 5.75 Å². The molecule has 0 spiro atoms. The first-order valence-corrected chi connectivity index (χ1v) is 6.08. The highest BCUT2D eigenvalue weighted by Gasteiger charge is 2.38. The van der Waals surface area contributed by atoms with Crippen molar-refractivity contribution < 1.29 is 4.74 Å². The fourth-order valence-electron chi connectivity index (χ4n) is 2.21. The molecule has 0 heterocycles. The predicted molar refractivity (Wildman–Crippen MR) is 70.1 cm³/mol. The van der Waals surface area contributed by atoms with Crippen molar-refractivity contribution in [2.75, 3.05) is 6.61 Å². The Hall–Kier alpha value is -0.980. The minimum absolute atomic E-state index is 0. The van der Waals surface area contributed by atoms with E-state index in [1.807, 2.05) is 0 Å². The number of para-hydroxylation sites is 1. The zero-order valence-corrected chi connectivity index (χ0v) is 9.70. The average molecular weight is 220 g/mol. The smallest absolute Gasteiger partial charge is 0.122 e. The third-order valence-corrected chi connectivity index (χ3v) is 3.23. The molecule has 0 saturated heterocycles. The summed E-state index contributed by atoms with van der Waals surface area (Å²) in [5.74, 6) is 2.78. The van der Waals surface area contributed by atoms with Gasteiger partial charge in [-0.05, 0) is 36.3 Å². The molecule has 0 aliphatic heterocycles. The first-order chi connectivity index (χ1) is 7.36. The molecule has 0 aromatic heterocycles. The third-order valence-electron chi connectivity index (χ3n) is 3.23. The van der Waals surface area contributed by atoms with Gasteiger partial charge in [-0.2, -0.15) is 0 Å². The van der Waals surface area contributed by atoms with E-state index in [0.29, 0.717) is 0 Å². The molecule has 90 valence electrons. The van der Waals surface area contributed by atoms with Crippen molar-refractivity contribution in [3.8, 4) is 5.75 Å². The van der Waals surface area contributed by atoms with Crippen LogP contribution in [0.2, 0.25) is 0 Å². The van der Waals surface area contributed by atoms with Gasteiger partial charge in [-0.3, -0.25) is 0 Å². The third kappa shape index (κ3) is 2.78. The fraction of sp³-hybridized carbons (Fsp3) is 0.600. The monoisotopic (exact) mass is 220 g/mol. The molecule has 0 unspecified atom stereocenters. The van der Waals surface area contributed by atoms with E-state index in [2.05, 4.69) is 38.1 Å². The summed E-state index contributed by atoms with van der Waals surface area (Å²) in [6.45, 7) is 5.26. The summed E-state index contributed by atoms with van der Waals surface area (Å²) in [5, 5.41) is 0. The molecule has 0 N–H and O–H groups in total. The predicted octanol–water partition coefficient (Wildman–Crippen LogP) is 4.63. The molecule has 0 bridgehead atoms. The van der Waals surface area contributed by atoms with Crippen molar-refractivity contribution in [3.63, 3.8) is 0 Å². The highest BCUT2D eigenvalue weighted by atomic mass is 16.5. The summed E-state index contributed by atoms with van der Waals surface area (Å²) in [6.07, 6.45) is 3.73. The molecule has 1 aliphatic rings. The van der Waals surface area contributed by atoms with Gasteiger partial charge in [-0.15, -0.1) is 0 Å². The molecule has 1 heteroatoms. The van der Waals surface area contributed by atoms with Crippen LogP contribution in [-0.2, 0) is 0 Å². The average Bonchev–Trinajstić information content (AvgIpc) is 3.06. The first-order valence-electron chi connectivity index (χ1n) is 6.08. The van der Waals surface area contributed by atoms with Gasteiger partial charge in [0.2, 0.25) is 0 Å². The number of hydrogen-bond acceptors (Lipinski definition) is 1. The zero-order valence-electron chi connectivity index (χ0n) is 9.70. The molecule has 0 radical (unpaired) electrons. The fourth-order valence-corrected chi connectivity index (χ4v) is 2.21. The Morgan fingerprint density at radius 3 is 2.62 bits per heavy atom. The molecule has 1 fully saturated rings. The second-order valence-electron chi connectivity index (χ2n) is 4.40. The Morgan fingerprint density at radius 2 is 2.00 bits per heavy atom. The number of hydrogen-bond donors (Lipinski definition) is 0. The highest BCUT2D eigenvalue weighted by Crippen LogP contribution is 2.51. The maximum absolute atomic E-state index is 5.78. The van der Waals surface area contributed by atoms with E-state index in [1.165, 1.54) is 18.4 Å². The van der Waals surface area contributed by atoms with Crippen LogP contribution in [0.25, 0.3) is 0 Å². The maximum atomic E-state index is 5.78. The van der Waals surface area contributed by atoms with Gasteiger partial charge in [-0.25, -0.2) is 0 Å². The van der Waals surface area contributed by atoms with E-state index in [4.69, 9.17) is 4.74 Å². The van der Waals surface area contributed by atoms with Gasteiger partial charge in [-0.1, -0.05) is 45.9 Å². The molecule has 2 atom stereocenters. The summed E-state index contributed by atoms with van der Waals surface area (Å²) < 4.78 is 5.78. The van der Waals surface area contributed by atoms with Crippen LogP contribution in [0.15, 0.2) is 24.3 Å². The number of ether oxygens (including phenoxy) is 1. The molecule has 1 saturated carbocycles. The van der Waals surface area contributed by atoms with Crippen molar-refractivity contribution in [3.05, 3.63) is 29.8 Å². The van der Waals surface area contributed by atoms with E-state index >= 15 is 0 Å². The van der Waals surface area contributed by atoms with Crippen molar-refractivity contribution in [2.24, 2.45) is 5.92 Å². The van der Waals surface area contributed by atoms with Gasteiger partial charge >= 0.3 is 0 Å². The molecular formula is C15H24O. The van der Waals surface area contributed by atoms with Gasteiger partial charge < -0.3 is 4.74 Å². The molecular weight excluding hydrogens is 196 g/mol. The van der Waals surface area contributed by atoms with Crippen LogP contribution in [-0.4, -0.2) is 6.61 Å². The molecule has 1 nitrogen and oxygen atoms in total. The van der Waals surface area contributed by atoms with E-state index in [-0.39, 0.29) is 7.43 Å². The molecule has 1 aromatic rings. The second-order valence-corrected chi connectivity index (χ2v) is 4.40. The number of rotatable bonds is 5. The lowest BCUT2D eigenvalue weighted by Crippen LogP contribution is -1.98. The van der Waals surface area contributed by atoms with Gasteiger partial charge in [0, 0.05) is 0 Å². The Morgan fingerprint density at radius 1 is 1.25 bits per heavy atom. The quantitative estimate of drug-likeness (QED) is 0.703. The zero-order chi connectivity index (χ0) is 10.7. The minimum Gasteiger partial charge on any atom is -0.493 e. The van der Waals surface area contributed by atoms with Crippen molar-refractivity contribution in [2.45, 2.75) is 46.5 Å². The Bertz CT molecular complexity index is 319. The number of benzene rings is 1. The lowest BCUT2D eigenvalue weighted by molar-refractivity contribution is 0.314. The SMILES string of the molecule is C.CCCOc1ccccc1[C@H]1C[C@@H]1CC. The van der Waals surface area contributed by atoms with Gasteiger partial charge in [0.15, 0.2) is 0 Å². The van der Waals surface area contributed by atoms with Crippen molar-refractivity contribution in [1.82, 2.24) is 0 Å². The topological polar surface area (TPSA) is 9.23 Å². The van der Waals surface area contributed by atoms with Gasteiger partial charge in [0.25, 0.3) is 0 Å². The van der Waals surface area contributed by atoms with E-state index in [1.54, 1.807) is 0 Å². The van der Waals surface area contributed by atoms with Gasteiger partial charge in [0.1, 0.15) is 5.75 Å². The van der Waals surface area contributed by atoms with Crippen LogP contribution >= 0.6 is 0 Å². The molecule has 16 heavy (non-hydrogen) atoms. The van der Waals surface area contributed by atoms with E-state index in [9.17, 15) is 0 Å². The Kier molecular flexibility index (Phi) is 4.85. The second kappa shape index (κ2) is 5.93. The largest absolute Gasteiger partial charge is 0.493 e. The summed E-state index contributed by atoms with van der Waals surface area (Å²) >= 11 is 0. The molecule has 2 rings (SSSR count). The van der Waals surface area contributed by atoms with Crippen LogP contribution in [0.3, 0.4) is 0 Å². The molecule has 1 aromatic carbocycles.